The second-order valence-electron chi connectivity index (χ2n) is 7.15. The van der Waals surface area contributed by atoms with E-state index in [4.69, 9.17) is 4.74 Å². The van der Waals surface area contributed by atoms with Gasteiger partial charge >= 0.3 is 0 Å². The third-order valence-electron chi connectivity index (χ3n) is 5.02. The zero-order valence-corrected chi connectivity index (χ0v) is 13.8. The minimum atomic E-state index is 0.351. The third-order valence-corrected chi connectivity index (χ3v) is 5.02. The quantitative estimate of drug-likeness (QED) is 0.704. The highest BCUT2D eigenvalue weighted by Gasteiger charge is 2.36. The van der Waals surface area contributed by atoms with Gasteiger partial charge in [0.05, 0.1) is 6.61 Å². The lowest BCUT2D eigenvalue weighted by molar-refractivity contribution is -0.0274. The molecule has 0 aromatic rings. The Morgan fingerprint density at radius 1 is 1.35 bits per heavy atom. The molecule has 2 atom stereocenters. The Labute approximate surface area is 125 Å². The number of hydrogen-bond donors (Lipinski definition) is 1. The molecular weight excluding hydrogens is 248 g/mol. The van der Waals surface area contributed by atoms with Crippen LogP contribution in [0.4, 0.5) is 0 Å². The molecule has 118 valence electrons. The molecule has 1 saturated carbocycles. The smallest absolute Gasteiger partial charge is 0.0546 e. The molecule has 1 saturated heterocycles. The maximum Gasteiger partial charge on any atom is 0.0546 e. The zero-order chi connectivity index (χ0) is 14.4. The van der Waals surface area contributed by atoms with Gasteiger partial charge < -0.3 is 15.0 Å². The van der Waals surface area contributed by atoms with Crippen molar-refractivity contribution in [3.05, 3.63) is 0 Å². The first-order valence-electron chi connectivity index (χ1n) is 8.71. The van der Waals surface area contributed by atoms with Crippen LogP contribution in [-0.2, 0) is 4.74 Å². The summed E-state index contributed by atoms with van der Waals surface area (Å²) in [6.45, 7) is 13.6. The van der Waals surface area contributed by atoms with E-state index in [2.05, 4.69) is 31.0 Å². The Bertz CT molecular complexity index is 272. The lowest BCUT2D eigenvalue weighted by atomic mass is 9.81. The molecule has 2 unspecified atom stereocenters. The van der Waals surface area contributed by atoms with Gasteiger partial charge in [-0.25, -0.2) is 0 Å². The first-order valence-corrected chi connectivity index (χ1v) is 8.71. The van der Waals surface area contributed by atoms with Crippen LogP contribution in [0.2, 0.25) is 0 Å². The topological polar surface area (TPSA) is 24.5 Å². The highest BCUT2D eigenvalue weighted by Crippen LogP contribution is 2.31. The zero-order valence-electron chi connectivity index (χ0n) is 13.8. The SMILES string of the molecule is CCC(C)CN(CC)CC1(CNC2CC2)CCCOC1. The molecule has 0 bridgehead atoms. The van der Waals surface area contributed by atoms with E-state index >= 15 is 0 Å². The Kier molecular flexibility index (Phi) is 6.31. The number of nitrogens with zero attached hydrogens (tertiary/aromatic N) is 1. The monoisotopic (exact) mass is 282 g/mol. The summed E-state index contributed by atoms with van der Waals surface area (Å²) in [5.41, 5.74) is 0.351. The van der Waals surface area contributed by atoms with Gasteiger partial charge in [-0.2, -0.15) is 0 Å². The molecule has 1 N–H and O–H groups in total. The molecule has 20 heavy (non-hydrogen) atoms. The van der Waals surface area contributed by atoms with Gasteiger partial charge in [0.25, 0.3) is 0 Å². The predicted molar refractivity (Wildman–Crippen MR) is 85.1 cm³/mol. The van der Waals surface area contributed by atoms with Gasteiger partial charge in [0.2, 0.25) is 0 Å². The summed E-state index contributed by atoms with van der Waals surface area (Å²) in [6.07, 6.45) is 6.58. The van der Waals surface area contributed by atoms with E-state index in [0.29, 0.717) is 5.41 Å². The molecule has 2 aliphatic rings. The molecule has 3 heteroatoms. The Morgan fingerprint density at radius 3 is 2.70 bits per heavy atom. The normalized spacial score (nSPS) is 28.8. The van der Waals surface area contributed by atoms with E-state index in [1.807, 2.05) is 0 Å². The fourth-order valence-electron chi connectivity index (χ4n) is 3.23. The fourth-order valence-corrected chi connectivity index (χ4v) is 3.23. The van der Waals surface area contributed by atoms with Crippen molar-refractivity contribution < 1.29 is 4.74 Å². The summed E-state index contributed by atoms with van der Waals surface area (Å²) in [5.74, 6) is 0.799. The molecular formula is C17H34N2O. The molecule has 1 aliphatic heterocycles. The molecule has 0 amide bonds. The summed E-state index contributed by atoms with van der Waals surface area (Å²) in [7, 11) is 0. The van der Waals surface area contributed by atoms with Gasteiger partial charge in [0, 0.05) is 37.7 Å². The van der Waals surface area contributed by atoms with Gasteiger partial charge in [-0.3, -0.25) is 0 Å². The molecule has 0 spiro atoms. The van der Waals surface area contributed by atoms with Crippen LogP contribution in [0.5, 0.6) is 0 Å². The van der Waals surface area contributed by atoms with Crippen LogP contribution in [0.3, 0.4) is 0 Å². The van der Waals surface area contributed by atoms with Crippen molar-refractivity contribution in [1.82, 2.24) is 10.2 Å². The first-order chi connectivity index (χ1) is 9.67. The van der Waals surface area contributed by atoms with E-state index in [1.54, 1.807) is 0 Å². The molecule has 1 aliphatic carbocycles. The minimum Gasteiger partial charge on any atom is -0.381 e. The van der Waals surface area contributed by atoms with Crippen molar-refractivity contribution >= 4 is 0 Å². The van der Waals surface area contributed by atoms with E-state index in [0.717, 1.165) is 38.3 Å². The van der Waals surface area contributed by atoms with Crippen LogP contribution < -0.4 is 5.32 Å². The van der Waals surface area contributed by atoms with E-state index < -0.39 is 0 Å². The molecule has 0 aromatic heterocycles. The lowest BCUT2D eigenvalue weighted by Crippen LogP contribution is -2.50. The van der Waals surface area contributed by atoms with Crippen LogP contribution >= 0.6 is 0 Å². The van der Waals surface area contributed by atoms with Crippen molar-refractivity contribution in [2.75, 3.05) is 39.4 Å². The summed E-state index contributed by atoms with van der Waals surface area (Å²) < 4.78 is 5.85. The number of nitrogens with one attached hydrogen (secondary N) is 1. The third kappa shape index (κ3) is 5.01. The fraction of sp³-hybridized carbons (Fsp3) is 1.00. The first kappa shape index (κ1) is 16.3. The van der Waals surface area contributed by atoms with Crippen molar-refractivity contribution in [3.8, 4) is 0 Å². The van der Waals surface area contributed by atoms with E-state index in [-0.39, 0.29) is 0 Å². The van der Waals surface area contributed by atoms with Crippen LogP contribution in [0, 0.1) is 11.3 Å². The Balaban J connectivity index is 1.89. The average molecular weight is 282 g/mol. The van der Waals surface area contributed by atoms with Gasteiger partial charge in [-0.05, 0) is 38.1 Å². The number of rotatable bonds is 9. The summed E-state index contributed by atoms with van der Waals surface area (Å²) in [5, 5.41) is 3.76. The van der Waals surface area contributed by atoms with Crippen molar-refractivity contribution in [2.45, 2.75) is 58.9 Å². The van der Waals surface area contributed by atoms with Crippen LogP contribution in [0.1, 0.15) is 52.9 Å². The second-order valence-corrected chi connectivity index (χ2v) is 7.15. The van der Waals surface area contributed by atoms with Crippen LogP contribution in [0.25, 0.3) is 0 Å². The molecule has 1 heterocycles. The van der Waals surface area contributed by atoms with Crippen LogP contribution in [-0.4, -0.2) is 50.3 Å². The van der Waals surface area contributed by atoms with Crippen molar-refractivity contribution in [2.24, 2.45) is 11.3 Å². The average Bonchev–Trinajstić information content (AvgIpc) is 3.29. The maximum atomic E-state index is 5.85. The molecule has 0 aromatic carbocycles. The largest absolute Gasteiger partial charge is 0.381 e. The van der Waals surface area contributed by atoms with Crippen molar-refractivity contribution in [1.29, 1.82) is 0 Å². The number of hydrogen-bond acceptors (Lipinski definition) is 3. The maximum absolute atomic E-state index is 5.85. The Hall–Kier alpha value is -0.120. The highest BCUT2D eigenvalue weighted by molar-refractivity contribution is 4.91. The molecule has 2 fully saturated rings. The van der Waals surface area contributed by atoms with Gasteiger partial charge in [-0.1, -0.05) is 27.2 Å². The minimum absolute atomic E-state index is 0.351. The predicted octanol–water partition coefficient (Wildman–Crippen LogP) is 2.90. The molecule has 3 nitrogen and oxygen atoms in total. The Morgan fingerprint density at radius 2 is 2.15 bits per heavy atom. The second kappa shape index (κ2) is 7.77. The summed E-state index contributed by atoms with van der Waals surface area (Å²) >= 11 is 0. The lowest BCUT2D eigenvalue weighted by Gasteiger charge is -2.41. The molecule has 0 radical (unpaired) electrons. The van der Waals surface area contributed by atoms with Crippen LogP contribution in [0.15, 0.2) is 0 Å². The van der Waals surface area contributed by atoms with E-state index in [1.165, 1.54) is 45.2 Å². The van der Waals surface area contributed by atoms with Gasteiger partial charge in [0.15, 0.2) is 0 Å². The number of ether oxygens (including phenoxy) is 1. The standard InChI is InChI=1S/C17H34N2O/c1-4-15(3)11-19(5-2)13-17(9-6-10-20-14-17)12-18-16-7-8-16/h15-16,18H,4-14H2,1-3H3. The summed E-state index contributed by atoms with van der Waals surface area (Å²) in [4.78, 5) is 2.65. The molecule has 2 rings (SSSR count). The van der Waals surface area contributed by atoms with Gasteiger partial charge in [-0.15, -0.1) is 0 Å². The van der Waals surface area contributed by atoms with E-state index in [9.17, 15) is 0 Å². The summed E-state index contributed by atoms with van der Waals surface area (Å²) in [6, 6.07) is 0.804. The highest BCUT2D eigenvalue weighted by atomic mass is 16.5. The van der Waals surface area contributed by atoms with Crippen molar-refractivity contribution in [3.63, 3.8) is 0 Å². The van der Waals surface area contributed by atoms with Gasteiger partial charge in [0.1, 0.15) is 0 Å².